The van der Waals surface area contributed by atoms with Crippen molar-refractivity contribution < 1.29 is 23.5 Å². The van der Waals surface area contributed by atoms with Crippen LogP contribution in [0.4, 0.5) is 14.9 Å². The predicted octanol–water partition coefficient (Wildman–Crippen LogP) is 2.02. The van der Waals surface area contributed by atoms with E-state index in [1.54, 1.807) is 20.8 Å². The van der Waals surface area contributed by atoms with Gasteiger partial charge in [0.1, 0.15) is 17.5 Å². The quantitative estimate of drug-likeness (QED) is 0.655. The number of rotatable bonds is 4. The van der Waals surface area contributed by atoms with Crippen molar-refractivity contribution in [2.24, 2.45) is 0 Å². The second-order valence-electron chi connectivity index (χ2n) is 5.77. The number of alkyl carbamates (subject to hydrolysis) is 1. The molecule has 0 aromatic heterocycles. The first-order valence-electron chi connectivity index (χ1n) is 6.73. The molecule has 22 heavy (non-hydrogen) atoms. The normalized spacial score (nSPS) is 12.4. The molecular weight excluding hydrogens is 291 g/mol. The average Bonchev–Trinajstić information content (AvgIpc) is 2.37. The van der Waals surface area contributed by atoms with Crippen LogP contribution in [0.15, 0.2) is 18.2 Å². The second kappa shape index (κ2) is 7.11. The van der Waals surface area contributed by atoms with E-state index in [0.29, 0.717) is 5.56 Å². The smallest absolute Gasteiger partial charge is 0.408 e. The molecule has 0 spiro atoms. The van der Waals surface area contributed by atoms with Crippen LogP contribution in [-0.4, -0.2) is 30.8 Å². The van der Waals surface area contributed by atoms with Crippen LogP contribution in [0.5, 0.6) is 0 Å². The van der Waals surface area contributed by atoms with Crippen LogP contribution in [0.1, 0.15) is 26.3 Å². The van der Waals surface area contributed by atoms with Gasteiger partial charge in [-0.05, 0) is 38.5 Å². The fraction of sp³-hybridized carbons (Fsp3) is 0.467. The maximum absolute atomic E-state index is 13.0. The first kappa shape index (κ1) is 17.7. The number of nitrogens with one attached hydrogen (secondary N) is 1. The summed E-state index contributed by atoms with van der Waals surface area (Å²) in [7, 11) is 1.21. The molecule has 0 aliphatic rings. The Morgan fingerprint density at radius 3 is 2.50 bits per heavy atom. The SMILES string of the molecule is COC(=O)[C@@H](Cc1ccc(F)cc1N)NC(=O)OC(C)(C)C. The Balaban J connectivity index is 2.85. The zero-order valence-corrected chi connectivity index (χ0v) is 13.1. The van der Waals surface area contributed by atoms with Crippen molar-refractivity contribution in [3.8, 4) is 0 Å². The van der Waals surface area contributed by atoms with Gasteiger partial charge in [0, 0.05) is 12.1 Å². The molecule has 1 aromatic rings. The molecule has 0 aliphatic carbocycles. The summed E-state index contributed by atoms with van der Waals surface area (Å²) in [4.78, 5) is 23.6. The number of hydrogen-bond donors (Lipinski definition) is 2. The Labute approximate surface area is 128 Å². The molecule has 0 bridgehead atoms. The van der Waals surface area contributed by atoms with Crippen molar-refractivity contribution in [3.05, 3.63) is 29.6 Å². The van der Waals surface area contributed by atoms with Gasteiger partial charge in [-0.1, -0.05) is 6.07 Å². The fourth-order valence-corrected chi connectivity index (χ4v) is 1.76. The number of esters is 1. The van der Waals surface area contributed by atoms with E-state index in [1.807, 2.05) is 0 Å². The van der Waals surface area contributed by atoms with Gasteiger partial charge in [0.05, 0.1) is 7.11 Å². The third-order valence-electron chi connectivity index (χ3n) is 2.71. The molecule has 0 saturated carbocycles. The second-order valence-corrected chi connectivity index (χ2v) is 5.77. The van der Waals surface area contributed by atoms with E-state index in [4.69, 9.17) is 10.5 Å². The minimum atomic E-state index is -0.979. The molecular formula is C15H21FN2O4. The lowest BCUT2D eigenvalue weighted by Crippen LogP contribution is -2.45. The lowest BCUT2D eigenvalue weighted by Gasteiger charge is -2.23. The molecule has 122 valence electrons. The fourth-order valence-electron chi connectivity index (χ4n) is 1.76. The van der Waals surface area contributed by atoms with Crippen molar-refractivity contribution in [1.82, 2.24) is 5.32 Å². The van der Waals surface area contributed by atoms with Gasteiger partial charge >= 0.3 is 12.1 Å². The number of hydrogen-bond acceptors (Lipinski definition) is 5. The van der Waals surface area contributed by atoms with Gasteiger partial charge < -0.3 is 20.5 Å². The van der Waals surface area contributed by atoms with Crippen LogP contribution < -0.4 is 11.1 Å². The van der Waals surface area contributed by atoms with E-state index >= 15 is 0 Å². The van der Waals surface area contributed by atoms with Crippen LogP contribution in [0.2, 0.25) is 0 Å². The van der Waals surface area contributed by atoms with Gasteiger partial charge in [-0.3, -0.25) is 0 Å². The summed E-state index contributed by atoms with van der Waals surface area (Å²) >= 11 is 0. The molecule has 1 atom stereocenters. The van der Waals surface area contributed by atoms with Crippen molar-refractivity contribution >= 4 is 17.7 Å². The van der Waals surface area contributed by atoms with Gasteiger partial charge in [0.2, 0.25) is 0 Å². The highest BCUT2D eigenvalue weighted by molar-refractivity contribution is 5.82. The summed E-state index contributed by atoms with van der Waals surface area (Å²) in [5.41, 5.74) is 5.73. The lowest BCUT2D eigenvalue weighted by atomic mass is 10.0. The molecule has 0 radical (unpaired) electrons. The molecule has 0 aliphatic heterocycles. The third kappa shape index (κ3) is 5.59. The van der Waals surface area contributed by atoms with Crippen LogP contribution in [0, 0.1) is 5.82 Å². The van der Waals surface area contributed by atoms with E-state index in [1.165, 1.54) is 19.2 Å². The Bertz CT molecular complexity index is 555. The average molecular weight is 312 g/mol. The van der Waals surface area contributed by atoms with E-state index in [0.717, 1.165) is 6.07 Å². The van der Waals surface area contributed by atoms with E-state index in [-0.39, 0.29) is 12.1 Å². The van der Waals surface area contributed by atoms with Gasteiger partial charge in [-0.25, -0.2) is 14.0 Å². The monoisotopic (exact) mass is 312 g/mol. The number of nitrogen functional groups attached to an aromatic ring is 1. The molecule has 0 fully saturated rings. The number of nitrogens with two attached hydrogens (primary N) is 1. The molecule has 6 nitrogen and oxygen atoms in total. The molecule has 3 N–H and O–H groups in total. The molecule has 0 heterocycles. The van der Waals surface area contributed by atoms with Gasteiger partial charge in [-0.2, -0.15) is 0 Å². The number of carbonyl (C=O) groups is 2. The zero-order valence-electron chi connectivity index (χ0n) is 13.1. The van der Waals surface area contributed by atoms with E-state index < -0.39 is 29.5 Å². The summed E-state index contributed by atoms with van der Waals surface area (Å²) in [6.45, 7) is 5.12. The first-order valence-corrected chi connectivity index (χ1v) is 6.73. The van der Waals surface area contributed by atoms with Crippen molar-refractivity contribution in [2.45, 2.75) is 38.8 Å². The minimum Gasteiger partial charge on any atom is -0.467 e. The number of halogens is 1. The Morgan fingerprint density at radius 1 is 1.36 bits per heavy atom. The van der Waals surface area contributed by atoms with E-state index in [2.05, 4.69) is 10.1 Å². The minimum absolute atomic E-state index is 0.0675. The van der Waals surface area contributed by atoms with E-state index in [9.17, 15) is 14.0 Å². The van der Waals surface area contributed by atoms with Crippen LogP contribution >= 0.6 is 0 Å². The standard InChI is InChI=1S/C15H21FN2O4/c1-15(2,3)22-14(20)18-12(13(19)21-4)7-9-5-6-10(16)8-11(9)17/h5-6,8,12H,7,17H2,1-4H3,(H,18,20)/t12-/m1/s1. The van der Waals surface area contributed by atoms with Crippen LogP contribution in [0.3, 0.4) is 0 Å². The largest absolute Gasteiger partial charge is 0.467 e. The molecule has 0 saturated heterocycles. The number of amides is 1. The predicted molar refractivity (Wildman–Crippen MR) is 79.7 cm³/mol. The van der Waals surface area contributed by atoms with Gasteiger partial charge in [0.15, 0.2) is 0 Å². The summed E-state index contributed by atoms with van der Waals surface area (Å²) in [5.74, 6) is -1.12. The maximum atomic E-state index is 13.0. The summed E-state index contributed by atoms with van der Waals surface area (Å²) < 4.78 is 22.8. The molecule has 1 aromatic carbocycles. The van der Waals surface area contributed by atoms with Crippen molar-refractivity contribution in [3.63, 3.8) is 0 Å². The molecule has 0 unspecified atom stereocenters. The van der Waals surface area contributed by atoms with Crippen LogP contribution in [0.25, 0.3) is 0 Å². The number of benzene rings is 1. The summed E-state index contributed by atoms with van der Waals surface area (Å²) in [6.07, 6.45) is -0.679. The van der Waals surface area contributed by atoms with Crippen LogP contribution in [-0.2, 0) is 20.7 Å². The highest BCUT2D eigenvalue weighted by atomic mass is 19.1. The van der Waals surface area contributed by atoms with Gasteiger partial charge in [-0.15, -0.1) is 0 Å². The number of ether oxygens (including phenoxy) is 2. The van der Waals surface area contributed by atoms with Crippen molar-refractivity contribution in [2.75, 3.05) is 12.8 Å². The summed E-state index contributed by atoms with van der Waals surface area (Å²) in [5, 5.41) is 2.43. The zero-order chi connectivity index (χ0) is 16.9. The number of carbonyl (C=O) groups excluding carboxylic acids is 2. The topological polar surface area (TPSA) is 90.6 Å². The molecule has 1 rings (SSSR count). The lowest BCUT2D eigenvalue weighted by molar-refractivity contribution is -0.143. The first-order chi connectivity index (χ1) is 10.1. The highest BCUT2D eigenvalue weighted by Gasteiger charge is 2.25. The Kier molecular flexibility index (Phi) is 5.73. The maximum Gasteiger partial charge on any atom is 0.408 e. The Morgan fingerprint density at radius 2 is 2.00 bits per heavy atom. The van der Waals surface area contributed by atoms with Crippen molar-refractivity contribution in [1.29, 1.82) is 0 Å². The number of methoxy groups -OCH3 is 1. The van der Waals surface area contributed by atoms with Gasteiger partial charge in [0.25, 0.3) is 0 Å². The highest BCUT2D eigenvalue weighted by Crippen LogP contribution is 2.16. The summed E-state index contributed by atoms with van der Waals surface area (Å²) in [6, 6.07) is 2.86. The third-order valence-corrected chi connectivity index (χ3v) is 2.71. The molecule has 1 amide bonds. The number of anilines is 1. The molecule has 7 heteroatoms. The Hall–Kier alpha value is -2.31.